The van der Waals surface area contributed by atoms with Gasteiger partial charge in [0.2, 0.25) is 11.8 Å². The zero-order chi connectivity index (χ0) is 30.9. The molecule has 0 bridgehead atoms. The predicted octanol–water partition coefficient (Wildman–Crippen LogP) is 5.64. The van der Waals surface area contributed by atoms with Gasteiger partial charge in [0.15, 0.2) is 0 Å². The summed E-state index contributed by atoms with van der Waals surface area (Å²) < 4.78 is 35.1. The summed E-state index contributed by atoms with van der Waals surface area (Å²) in [4.78, 5) is 29.8. The molecule has 0 spiro atoms. The van der Waals surface area contributed by atoms with Crippen molar-refractivity contribution in [1.29, 1.82) is 0 Å². The van der Waals surface area contributed by atoms with Crippen LogP contribution in [0.4, 0.5) is 5.69 Å². The minimum atomic E-state index is -4.20. The fourth-order valence-corrected chi connectivity index (χ4v) is 6.10. The molecule has 1 N–H and O–H groups in total. The molecule has 0 unspecified atom stereocenters. The van der Waals surface area contributed by atoms with Crippen LogP contribution >= 0.6 is 11.8 Å². The van der Waals surface area contributed by atoms with Gasteiger partial charge in [-0.2, -0.15) is 0 Å². The maximum absolute atomic E-state index is 14.1. The Labute approximate surface area is 254 Å². The second-order valence-corrected chi connectivity index (χ2v) is 12.8. The SMILES string of the molecule is CCOc1ccccc1N(CC(=O)N(Cc1ccc(C)cc1)[C@@H](C)C(=O)N[C@@H](C)CC)S(=O)(=O)c1ccc(SC)cc1. The molecular weight excluding hydrogens is 571 g/mol. The number of para-hydroxylation sites is 2. The third-order valence-corrected chi connectivity index (χ3v) is 9.52. The van der Waals surface area contributed by atoms with E-state index in [0.29, 0.717) is 12.4 Å². The van der Waals surface area contributed by atoms with Crippen molar-refractivity contribution in [2.45, 2.75) is 69.5 Å². The van der Waals surface area contributed by atoms with Crippen molar-refractivity contribution in [1.82, 2.24) is 10.2 Å². The summed E-state index contributed by atoms with van der Waals surface area (Å²) in [6, 6.07) is 20.1. The molecule has 0 heterocycles. The summed E-state index contributed by atoms with van der Waals surface area (Å²) in [6.45, 7) is 9.24. The lowest BCUT2D eigenvalue weighted by Gasteiger charge is -2.33. The molecule has 10 heteroatoms. The minimum Gasteiger partial charge on any atom is -0.492 e. The Bertz CT molecular complexity index is 1440. The lowest BCUT2D eigenvalue weighted by atomic mass is 10.1. The maximum Gasteiger partial charge on any atom is 0.264 e. The Balaban J connectivity index is 2.07. The Morgan fingerprint density at radius 3 is 2.19 bits per heavy atom. The standard InChI is InChI=1S/C32H41N3O5S2/c1-7-24(4)33-32(37)25(5)34(21-26-15-13-23(3)14-16-26)31(36)22-35(29-11-9-10-12-30(29)40-8-2)42(38,39)28-19-17-27(41-6)18-20-28/h9-20,24-25H,7-8,21-22H2,1-6H3,(H,33,37)/t24-,25-/m0/s1. The van der Waals surface area contributed by atoms with E-state index < -0.39 is 28.5 Å². The summed E-state index contributed by atoms with van der Waals surface area (Å²) in [6.07, 6.45) is 2.65. The average molecular weight is 612 g/mol. The van der Waals surface area contributed by atoms with Crippen molar-refractivity contribution in [2.75, 3.05) is 23.7 Å². The predicted molar refractivity (Wildman–Crippen MR) is 169 cm³/mol. The van der Waals surface area contributed by atoms with Crippen molar-refractivity contribution >= 4 is 39.3 Å². The molecule has 2 amide bonds. The lowest BCUT2D eigenvalue weighted by molar-refractivity contribution is -0.139. The number of hydrogen-bond donors (Lipinski definition) is 1. The number of thioether (sulfide) groups is 1. The molecule has 0 aliphatic heterocycles. The number of carbonyl (C=O) groups excluding carboxylic acids is 2. The first-order valence-electron chi connectivity index (χ1n) is 14.1. The largest absolute Gasteiger partial charge is 0.492 e. The highest BCUT2D eigenvalue weighted by Crippen LogP contribution is 2.33. The van der Waals surface area contributed by atoms with Gasteiger partial charge < -0.3 is 15.0 Å². The molecule has 0 aliphatic rings. The number of anilines is 1. The van der Waals surface area contributed by atoms with Gasteiger partial charge in [-0.25, -0.2) is 8.42 Å². The van der Waals surface area contributed by atoms with Crippen LogP contribution in [0.25, 0.3) is 0 Å². The van der Waals surface area contributed by atoms with E-state index in [2.05, 4.69) is 5.32 Å². The van der Waals surface area contributed by atoms with Gasteiger partial charge in [-0.3, -0.25) is 13.9 Å². The third kappa shape index (κ3) is 8.29. The second kappa shape index (κ2) is 15.1. The first-order chi connectivity index (χ1) is 20.0. The first-order valence-corrected chi connectivity index (χ1v) is 16.7. The molecule has 226 valence electrons. The van der Waals surface area contributed by atoms with Crippen LogP contribution in [0, 0.1) is 6.92 Å². The molecule has 0 saturated carbocycles. The van der Waals surface area contributed by atoms with E-state index >= 15 is 0 Å². The quantitative estimate of drug-likeness (QED) is 0.237. The molecule has 0 saturated heterocycles. The number of sulfonamides is 1. The summed E-state index contributed by atoms with van der Waals surface area (Å²) in [7, 11) is -4.20. The lowest BCUT2D eigenvalue weighted by Crippen LogP contribution is -2.52. The van der Waals surface area contributed by atoms with Crippen LogP contribution in [-0.4, -0.2) is 56.6 Å². The van der Waals surface area contributed by atoms with Crippen LogP contribution in [0.5, 0.6) is 5.75 Å². The third-order valence-electron chi connectivity index (χ3n) is 7.00. The summed E-state index contributed by atoms with van der Waals surface area (Å²) in [5.41, 5.74) is 2.14. The number of ether oxygens (including phenoxy) is 1. The number of carbonyl (C=O) groups is 2. The maximum atomic E-state index is 14.1. The van der Waals surface area contributed by atoms with E-state index in [1.807, 2.05) is 58.2 Å². The summed E-state index contributed by atoms with van der Waals surface area (Å²) in [5, 5.41) is 2.95. The number of benzene rings is 3. The Hall–Kier alpha value is -3.50. The zero-order valence-corrected chi connectivity index (χ0v) is 26.8. The number of nitrogens with one attached hydrogen (secondary N) is 1. The Morgan fingerprint density at radius 1 is 0.952 bits per heavy atom. The molecule has 0 aliphatic carbocycles. The van der Waals surface area contributed by atoms with Crippen molar-refractivity contribution in [3.05, 3.63) is 83.9 Å². The molecule has 3 aromatic rings. The summed E-state index contributed by atoms with van der Waals surface area (Å²) in [5.74, 6) is -0.482. The van der Waals surface area contributed by atoms with E-state index in [0.717, 1.165) is 26.7 Å². The van der Waals surface area contributed by atoms with Crippen LogP contribution in [0.3, 0.4) is 0 Å². The van der Waals surface area contributed by atoms with Gasteiger partial charge >= 0.3 is 0 Å². The Morgan fingerprint density at radius 2 is 1.60 bits per heavy atom. The second-order valence-electron chi connectivity index (χ2n) is 10.1. The fourth-order valence-electron chi connectivity index (χ4n) is 4.27. The van der Waals surface area contributed by atoms with E-state index in [-0.39, 0.29) is 29.1 Å². The molecular formula is C32H41N3O5S2. The highest BCUT2D eigenvalue weighted by atomic mass is 32.2. The van der Waals surface area contributed by atoms with Gasteiger partial charge in [-0.05, 0) is 82.3 Å². The van der Waals surface area contributed by atoms with Crippen molar-refractivity contribution in [2.24, 2.45) is 0 Å². The van der Waals surface area contributed by atoms with E-state index in [1.165, 1.54) is 28.8 Å². The highest BCUT2D eigenvalue weighted by molar-refractivity contribution is 7.98. The molecule has 0 radical (unpaired) electrons. The highest BCUT2D eigenvalue weighted by Gasteiger charge is 2.34. The van der Waals surface area contributed by atoms with Crippen LogP contribution in [0.2, 0.25) is 0 Å². The van der Waals surface area contributed by atoms with Gasteiger partial charge in [0.1, 0.15) is 18.3 Å². The zero-order valence-electron chi connectivity index (χ0n) is 25.2. The first kappa shape index (κ1) is 33.0. The topological polar surface area (TPSA) is 96.0 Å². The van der Waals surface area contributed by atoms with Gasteiger partial charge in [-0.15, -0.1) is 11.8 Å². The monoisotopic (exact) mass is 611 g/mol. The number of amides is 2. The van der Waals surface area contributed by atoms with Gasteiger partial charge in [0, 0.05) is 17.5 Å². The number of rotatable bonds is 14. The van der Waals surface area contributed by atoms with Gasteiger partial charge in [0.25, 0.3) is 10.0 Å². The fraction of sp³-hybridized carbons (Fsp3) is 0.375. The molecule has 0 fully saturated rings. The van der Waals surface area contributed by atoms with Crippen molar-refractivity contribution in [3.63, 3.8) is 0 Å². The van der Waals surface area contributed by atoms with Crippen LogP contribution < -0.4 is 14.4 Å². The molecule has 2 atom stereocenters. The normalized spacial score (nSPS) is 12.7. The van der Waals surface area contributed by atoms with Crippen LogP contribution in [0.15, 0.2) is 82.6 Å². The van der Waals surface area contributed by atoms with Crippen molar-refractivity contribution in [3.8, 4) is 5.75 Å². The van der Waals surface area contributed by atoms with E-state index in [4.69, 9.17) is 4.74 Å². The van der Waals surface area contributed by atoms with Crippen LogP contribution in [0.1, 0.15) is 45.2 Å². The molecule has 0 aromatic heterocycles. The van der Waals surface area contributed by atoms with Gasteiger partial charge in [-0.1, -0.05) is 48.9 Å². The molecule has 42 heavy (non-hydrogen) atoms. The number of hydrogen-bond acceptors (Lipinski definition) is 6. The van der Waals surface area contributed by atoms with E-state index in [9.17, 15) is 18.0 Å². The molecule has 8 nitrogen and oxygen atoms in total. The smallest absolute Gasteiger partial charge is 0.264 e. The Kier molecular flexibility index (Phi) is 11.9. The van der Waals surface area contributed by atoms with Crippen LogP contribution in [-0.2, 0) is 26.2 Å². The number of nitrogens with zero attached hydrogens (tertiary/aromatic N) is 2. The average Bonchev–Trinajstić information content (AvgIpc) is 2.99. The molecule has 3 rings (SSSR count). The van der Waals surface area contributed by atoms with Crippen molar-refractivity contribution < 1.29 is 22.7 Å². The number of aryl methyl sites for hydroxylation is 1. The van der Waals surface area contributed by atoms with Gasteiger partial charge in [0.05, 0.1) is 17.2 Å². The molecule has 3 aromatic carbocycles. The van der Waals surface area contributed by atoms with E-state index in [1.54, 1.807) is 43.3 Å². The summed E-state index contributed by atoms with van der Waals surface area (Å²) >= 11 is 1.50. The minimum absolute atomic E-state index is 0.0482.